The molecular weight excluding hydrogens is 234 g/mol. The zero-order valence-corrected chi connectivity index (χ0v) is 11.0. The SMILES string of the molecule is O=C(CNC(=S)NC1CCCC1)N1CCCC1. The van der Waals surface area contributed by atoms with Gasteiger partial charge in [0, 0.05) is 19.1 Å². The Hall–Kier alpha value is -0.840. The summed E-state index contributed by atoms with van der Waals surface area (Å²) < 4.78 is 0. The van der Waals surface area contributed by atoms with Crippen LogP contribution in [0.3, 0.4) is 0 Å². The fraction of sp³-hybridized carbons (Fsp3) is 0.833. The Morgan fingerprint density at radius 1 is 1.18 bits per heavy atom. The number of carbonyl (C=O) groups excluding carboxylic acids is 1. The number of nitrogens with one attached hydrogen (secondary N) is 2. The number of likely N-dealkylation sites (tertiary alicyclic amines) is 1. The molecular formula is C12H21N3OS. The van der Waals surface area contributed by atoms with Gasteiger partial charge in [0.2, 0.25) is 5.91 Å². The van der Waals surface area contributed by atoms with Gasteiger partial charge < -0.3 is 15.5 Å². The van der Waals surface area contributed by atoms with Crippen molar-refractivity contribution in [1.29, 1.82) is 0 Å². The largest absolute Gasteiger partial charge is 0.360 e. The van der Waals surface area contributed by atoms with Crippen molar-refractivity contribution in [3.05, 3.63) is 0 Å². The molecule has 0 atom stereocenters. The number of hydrogen-bond donors (Lipinski definition) is 2. The van der Waals surface area contributed by atoms with Gasteiger partial charge in [-0.05, 0) is 37.9 Å². The van der Waals surface area contributed by atoms with Crippen LogP contribution in [0.5, 0.6) is 0 Å². The van der Waals surface area contributed by atoms with Crippen LogP contribution in [0.2, 0.25) is 0 Å². The lowest BCUT2D eigenvalue weighted by molar-refractivity contribution is -0.128. The third kappa shape index (κ3) is 3.84. The first kappa shape index (κ1) is 12.6. The molecule has 0 unspecified atom stereocenters. The topological polar surface area (TPSA) is 44.4 Å². The first-order valence-electron chi connectivity index (χ1n) is 6.58. The van der Waals surface area contributed by atoms with Gasteiger partial charge in [0.25, 0.3) is 0 Å². The molecule has 4 nitrogen and oxygen atoms in total. The zero-order valence-electron chi connectivity index (χ0n) is 10.2. The van der Waals surface area contributed by atoms with Crippen molar-refractivity contribution in [1.82, 2.24) is 15.5 Å². The Morgan fingerprint density at radius 3 is 2.47 bits per heavy atom. The lowest BCUT2D eigenvalue weighted by atomic mass is 10.3. The Kier molecular flexibility index (Phi) is 4.59. The maximum atomic E-state index is 11.8. The van der Waals surface area contributed by atoms with E-state index in [9.17, 15) is 4.79 Å². The highest BCUT2D eigenvalue weighted by Gasteiger charge is 2.19. The van der Waals surface area contributed by atoms with E-state index in [4.69, 9.17) is 12.2 Å². The Balaban J connectivity index is 1.63. The van der Waals surface area contributed by atoms with E-state index in [-0.39, 0.29) is 5.91 Å². The van der Waals surface area contributed by atoms with Crippen LogP contribution in [0.1, 0.15) is 38.5 Å². The van der Waals surface area contributed by atoms with Gasteiger partial charge in [0.05, 0.1) is 6.54 Å². The molecule has 0 aromatic carbocycles. The molecule has 1 saturated heterocycles. The molecule has 1 heterocycles. The van der Waals surface area contributed by atoms with Gasteiger partial charge in [-0.3, -0.25) is 4.79 Å². The first-order valence-corrected chi connectivity index (χ1v) is 6.98. The fourth-order valence-electron chi connectivity index (χ4n) is 2.54. The van der Waals surface area contributed by atoms with Crippen LogP contribution in [0.4, 0.5) is 0 Å². The molecule has 0 bridgehead atoms. The predicted octanol–water partition coefficient (Wildman–Crippen LogP) is 1.02. The first-order chi connectivity index (χ1) is 8.25. The molecule has 0 radical (unpaired) electrons. The average Bonchev–Trinajstić information content (AvgIpc) is 2.97. The predicted molar refractivity (Wildman–Crippen MR) is 71.8 cm³/mol. The summed E-state index contributed by atoms with van der Waals surface area (Å²) in [6.07, 6.45) is 7.23. The molecule has 1 saturated carbocycles. The standard InChI is InChI=1S/C12H21N3OS/c16-11(15-7-3-4-8-15)9-13-12(17)14-10-5-1-2-6-10/h10H,1-9H2,(H2,13,14,17). The van der Waals surface area contributed by atoms with Gasteiger partial charge in [0.15, 0.2) is 5.11 Å². The smallest absolute Gasteiger partial charge is 0.241 e. The van der Waals surface area contributed by atoms with Gasteiger partial charge in [0.1, 0.15) is 0 Å². The minimum Gasteiger partial charge on any atom is -0.360 e. The number of rotatable bonds is 3. The molecule has 2 fully saturated rings. The van der Waals surface area contributed by atoms with E-state index in [2.05, 4.69) is 10.6 Å². The number of amides is 1. The van der Waals surface area contributed by atoms with Gasteiger partial charge in [-0.2, -0.15) is 0 Å². The molecule has 1 aliphatic carbocycles. The van der Waals surface area contributed by atoms with Crippen molar-refractivity contribution in [2.45, 2.75) is 44.6 Å². The molecule has 0 aromatic heterocycles. The average molecular weight is 255 g/mol. The van der Waals surface area contributed by atoms with E-state index in [0.29, 0.717) is 17.7 Å². The van der Waals surface area contributed by atoms with Gasteiger partial charge in [-0.15, -0.1) is 0 Å². The monoisotopic (exact) mass is 255 g/mol. The van der Waals surface area contributed by atoms with Crippen molar-refractivity contribution in [2.24, 2.45) is 0 Å². The second-order valence-electron chi connectivity index (χ2n) is 4.90. The number of hydrogen-bond acceptors (Lipinski definition) is 2. The van der Waals surface area contributed by atoms with E-state index in [1.54, 1.807) is 0 Å². The molecule has 1 aliphatic heterocycles. The van der Waals surface area contributed by atoms with E-state index >= 15 is 0 Å². The minimum atomic E-state index is 0.165. The Morgan fingerprint density at radius 2 is 1.82 bits per heavy atom. The summed E-state index contributed by atoms with van der Waals surface area (Å²) in [4.78, 5) is 13.7. The van der Waals surface area contributed by atoms with E-state index in [1.807, 2.05) is 4.90 Å². The van der Waals surface area contributed by atoms with Crippen molar-refractivity contribution in [2.75, 3.05) is 19.6 Å². The second-order valence-corrected chi connectivity index (χ2v) is 5.30. The van der Waals surface area contributed by atoms with Crippen molar-refractivity contribution >= 4 is 23.2 Å². The second kappa shape index (κ2) is 6.19. The van der Waals surface area contributed by atoms with Crippen molar-refractivity contribution in [3.8, 4) is 0 Å². The summed E-state index contributed by atoms with van der Waals surface area (Å²) in [5.41, 5.74) is 0. The van der Waals surface area contributed by atoms with Gasteiger partial charge >= 0.3 is 0 Å². The van der Waals surface area contributed by atoms with Crippen LogP contribution in [0.15, 0.2) is 0 Å². The number of nitrogens with zero attached hydrogens (tertiary/aromatic N) is 1. The fourth-order valence-corrected chi connectivity index (χ4v) is 2.78. The maximum Gasteiger partial charge on any atom is 0.241 e. The minimum absolute atomic E-state index is 0.165. The Labute approximate surface area is 108 Å². The van der Waals surface area contributed by atoms with Crippen LogP contribution in [-0.2, 0) is 4.79 Å². The third-order valence-corrected chi connectivity index (χ3v) is 3.81. The summed E-state index contributed by atoms with van der Waals surface area (Å²) >= 11 is 5.19. The van der Waals surface area contributed by atoms with Crippen LogP contribution < -0.4 is 10.6 Å². The lowest BCUT2D eigenvalue weighted by Gasteiger charge is -2.18. The summed E-state index contributed by atoms with van der Waals surface area (Å²) in [5, 5.41) is 6.92. The zero-order chi connectivity index (χ0) is 12.1. The summed E-state index contributed by atoms with van der Waals surface area (Å²) in [6.45, 7) is 2.14. The molecule has 5 heteroatoms. The van der Waals surface area contributed by atoms with E-state index in [0.717, 1.165) is 25.9 Å². The maximum absolute atomic E-state index is 11.8. The quantitative estimate of drug-likeness (QED) is 0.739. The van der Waals surface area contributed by atoms with Gasteiger partial charge in [-0.1, -0.05) is 12.8 Å². The molecule has 0 spiro atoms. The van der Waals surface area contributed by atoms with Crippen LogP contribution in [-0.4, -0.2) is 41.6 Å². The van der Waals surface area contributed by atoms with Crippen LogP contribution >= 0.6 is 12.2 Å². The Bertz CT molecular complexity index is 283. The number of carbonyl (C=O) groups is 1. The van der Waals surface area contributed by atoms with Crippen LogP contribution in [0, 0.1) is 0 Å². The summed E-state index contributed by atoms with van der Waals surface area (Å²) in [6, 6.07) is 0.511. The molecule has 2 N–H and O–H groups in total. The third-order valence-electron chi connectivity index (χ3n) is 3.55. The molecule has 1 amide bonds. The lowest BCUT2D eigenvalue weighted by Crippen LogP contribution is -2.45. The van der Waals surface area contributed by atoms with E-state index < -0.39 is 0 Å². The molecule has 2 aliphatic rings. The summed E-state index contributed by atoms with van der Waals surface area (Å²) in [5.74, 6) is 0.165. The van der Waals surface area contributed by atoms with E-state index in [1.165, 1.54) is 25.7 Å². The van der Waals surface area contributed by atoms with Crippen molar-refractivity contribution in [3.63, 3.8) is 0 Å². The number of thiocarbonyl (C=S) groups is 1. The normalized spacial score (nSPS) is 20.6. The van der Waals surface area contributed by atoms with Gasteiger partial charge in [-0.25, -0.2) is 0 Å². The highest BCUT2D eigenvalue weighted by atomic mass is 32.1. The van der Waals surface area contributed by atoms with Crippen LogP contribution in [0.25, 0.3) is 0 Å². The highest BCUT2D eigenvalue weighted by Crippen LogP contribution is 2.17. The molecule has 17 heavy (non-hydrogen) atoms. The highest BCUT2D eigenvalue weighted by molar-refractivity contribution is 7.80. The molecule has 96 valence electrons. The molecule has 2 rings (SSSR count). The van der Waals surface area contributed by atoms with Crippen molar-refractivity contribution < 1.29 is 4.79 Å². The summed E-state index contributed by atoms with van der Waals surface area (Å²) in [7, 11) is 0. The molecule has 0 aromatic rings.